The van der Waals surface area contributed by atoms with Gasteiger partial charge in [0.15, 0.2) is 11.5 Å². The van der Waals surface area contributed by atoms with Gasteiger partial charge in [0.2, 0.25) is 0 Å². The molecule has 0 fully saturated rings. The number of hydrogen-bond donors (Lipinski definition) is 2. The number of benzene rings is 1. The van der Waals surface area contributed by atoms with E-state index in [0.717, 1.165) is 5.56 Å². The first-order valence-electron chi connectivity index (χ1n) is 5.36. The van der Waals surface area contributed by atoms with Crippen molar-refractivity contribution in [2.45, 2.75) is 20.8 Å². The Morgan fingerprint density at radius 2 is 1.82 bits per heavy atom. The Balaban J connectivity index is 2.76. The molecule has 0 spiro atoms. The molecule has 1 atom stereocenters. The van der Waals surface area contributed by atoms with E-state index in [1.165, 1.54) is 18.2 Å². The lowest BCUT2D eigenvalue weighted by molar-refractivity contribution is -0.991. The van der Waals surface area contributed by atoms with Crippen LogP contribution in [-0.2, 0) is 4.79 Å². The van der Waals surface area contributed by atoms with Crippen LogP contribution < -0.4 is 5.23 Å². The van der Waals surface area contributed by atoms with Gasteiger partial charge in [-0.2, -0.15) is 5.23 Å². The number of carbonyl (C=O) groups excluding carboxylic acids is 1. The van der Waals surface area contributed by atoms with Crippen LogP contribution in [0.1, 0.15) is 26.3 Å². The molecular weight excluding hydrogens is 218 g/mol. The van der Waals surface area contributed by atoms with Crippen molar-refractivity contribution in [2.75, 3.05) is 0 Å². The monoisotopic (exact) mass is 235 g/mol. The molecule has 4 heteroatoms. The van der Waals surface area contributed by atoms with Crippen molar-refractivity contribution in [1.82, 2.24) is 0 Å². The van der Waals surface area contributed by atoms with Crippen molar-refractivity contribution in [3.05, 3.63) is 41.1 Å². The summed E-state index contributed by atoms with van der Waals surface area (Å²) in [4.78, 5) is 11.6. The number of nitrogens with one attached hydrogen (secondary N) is 1. The number of quaternary nitrogens is 1. The molecular formula is C13H17NO3. The van der Waals surface area contributed by atoms with Crippen LogP contribution in [0.3, 0.4) is 0 Å². The van der Waals surface area contributed by atoms with Gasteiger partial charge in [0.25, 0.3) is 0 Å². The molecule has 17 heavy (non-hydrogen) atoms. The molecule has 0 aliphatic heterocycles. The molecule has 0 bridgehead atoms. The molecule has 2 N–H and O–H groups in total. The minimum atomic E-state index is -0.953. The third-order valence-electron chi connectivity index (χ3n) is 2.32. The van der Waals surface area contributed by atoms with Crippen LogP contribution in [0.2, 0.25) is 0 Å². The molecule has 0 saturated heterocycles. The molecule has 0 aliphatic carbocycles. The first-order chi connectivity index (χ1) is 7.80. The van der Waals surface area contributed by atoms with Gasteiger partial charge in [0.1, 0.15) is 0 Å². The molecule has 0 aliphatic rings. The summed E-state index contributed by atoms with van der Waals surface area (Å²) in [5, 5.41) is 18.4. The van der Waals surface area contributed by atoms with Crippen LogP contribution in [0.5, 0.6) is 0 Å². The standard InChI is InChI=1S/C13H17NO3/c1-13(2,3)12(15)9-6-10-4-7-11(8-5-10)14(16)17/h4-9,14,16H,1-3H3/b9-6+. The van der Waals surface area contributed by atoms with Crippen LogP contribution in [0, 0.1) is 10.6 Å². The largest absolute Gasteiger partial charge is 0.595 e. The van der Waals surface area contributed by atoms with Gasteiger partial charge in [-0.15, -0.1) is 0 Å². The summed E-state index contributed by atoms with van der Waals surface area (Å²) in [6, 6.07) is 6.39. The Kier molecular flexibility index (Phi) is 4.17. The summed E-state index contributed by atoms with van der Waals surface area (Å²) < 4.78 is 0. The molecule has 4 nitrogen and oxygen atoms in total. The van der Waals surface area contributed by atoms with E-state index in [4.69, 9.17) is 5.21 Å². The molecule has 0 aromatic heterocycles. The summed E-state index contributed by atoms with van der Waals surface area (Å²) in [6.45, 7) is 5.56. The first kappa shape index (κ1) is 13.6. The van der Waals surface area contributed by atoms with Crippen molar-refractivity contribution >= 4 is 17.5 Å². The number of carbonyl (C=O) groups is 1. The highest BCUT2D eigenvalue weighted by molar-refractivity contribution is 5.97. The fourth-order valence-electron chi connectivity index (χ4n) is 1.16. The number of rotatable bonds is 3. The summed E-state index contributed by atoms with van der Waals surface area (Å²) in [6.07, 6.45) is 3.22. The predicted molar refractivity (Wildman–Crippen MR) is 65.7 cm³/mol. The lowest BCUT2D eigenvalue weighted by atomic mass is 9.90. The Morgan fingerprint density at radius 3 is 2.24 bits per heavy atom. The van der Waals surface area contributed by atoms with Crippen LogP contribution in [-0.4, -0.2) is 11.0 Å². The minimum absolute atomic E-state index is 0.0415. The van der Waals surface area contributed by atoms with Gasteiger partial charge in [-0.3, -0.25) is 4.79 Å². The summed E-state index contributed by atoms with van der Waals surface area (Å²) >= 11 is 0. The minimum Gasteiger partial charge on any atom is -0.595 e. The third kappa shape index (κ3) is 4.11. The van der Waals surface area contributed by atoms with Crippen molar-refractivity contribution in [3.63, 3.8) is 0 Å². The fourth-order valence-corrected chi connectivity index (χ4v) is 1.16. The van der Waals surface area contributed by atoms with Crippen molar-refractivity contribution < 1.29 is 15.2 Å². The highest BCUT2D eigenvalue weighted by Crippen LogP contribution is 2.16. The third-order valence-corrected chi connectivity index (χ3v) is 2.32. The van der Waals surface area contributed by atoms with E-state index in [-0.39, 0.29) is 11.5 Å². The molecule has 1 aromatic rings. The zero-order valence-electron chi connectivity index (χ0n) is 10.2. The molecule has 0 heterocycles. The van der Waals surface area contributed by atoms with E-state index in [2.05, 4.69) is 0 Å². The smallest absolute Gasteiger partial charge is 0.163 e. The lowest BCUT2D eigenvalue weighted by Gasteiger charge is -2.13. The highest BCUT2D eigenvalue weighted by Gasteiger charge is 2.17. The van der Waals surface area contributed by atoms with E-state index in [1.807, 2.05) is 20.8 Å². The van der Waals surface area contributed by atoms with Gasteiger partial charge in [-0.1, -0.05) is 26.8 Å². The van der Waals surface area contributed by atoms with Gasteiger partial charge in [0, 0.05) is 17.5 Å². The quantitative estimate of drug-likeness (QED) is 0.619. The van der Waals surface area contributed by atoms with Gasteiger partial charge < -0.3 is 5.21 Å². The molecule has 1 rings (SSSR count). The topological polar surface area (TPSA) is 64.8 Å². The Hall–Kier alpha value is -1.49. The summed E-state index contributed by atoms with van der Waals surface area (Å²) in [7, 11) is 0. The van der Waals surface area contributed by atoms with Crippen LogP contribution in [0.4, 0.5) is 5.69 Å². The van der Waals surface area contributed by atoms with E-state index in [1.54, 1.807) is 18.2 Å². The highest BCUT2D eigenvalue weighted by atomic mass is 16.8. The normalized spacial score (nSPS) is 13.9. The second kappa shape index (κ2) is 5.23. The Labute approximate surface area is 101 Å². The molecule has 0 amide bonds. The Bertz CT molecular complexity index is 413. The molecule has 1 aromatic carbocycles. The summed E-state index contributed by atoms with van der Waals surface area (Å²) in [5.74, 6) is 0.0415. The van der Waals surface area contributed by atoms with E-state index in [0.29, 0.717) is 0 Å². The van der Waals surface area contributed by atoms with E-state index < -0.39 is 10.6 Å². The molecule has 92 valence electrons. The van der Waals surface area contributed by atoms with Crippen molar-refractivity contribution in [1.29, 1.82) is 0 Å². The fraction of sp³-hybridized carbons (Fsp3) is 0.308. The van der Waals surface area contributed by atoms with Gasteiger partial charge in [0.05, 0.1) is 0 Å². The van der Waals surface area contributed by atoms with E-state index in [9.17, 15) is 10.0 Å². The maximum atomic E-state index is 11.6. The Morgan fingerprint density at radius 1 is 1.29 bits per heavy atom. The summed E-state index contributed by atoms with van der Waals surface area (Å²) in [5.41, 5.74) is 0.661. The van der Waals surface area contributed by atoms with Crippen LogP contribution in [0.25, 0.3) is 6.08 Å². The first-order valence-corrected chi connectivity index (χ1v) is 5.36. The van der Waals surface area contributed by atoms with E-state index >= 15 is 0 Å². The van der Waals surface area contributed by atoms with Crippen molar-refractivity contribution in [3.8, 4) is 0 Å². The maximum Gasteiger partial charge on any atom is 0.163 e. The average molecular weight is 235 g/mol. The molecule has 0 radical (unpaired) electrons. The van der Waals surface area contributed by atoms with Gasteiger partial charge >= 0.3 is 0 Å². The zero-order chi connectivity index (χ0) is 13.1. The molecule has 0 saturated carbocycles. The second-order valence-electron chi connectivity index (χ2n) is 4.87. The SMILES string of the molecule is CC(C)(C)C(=O)/C=C/c1ccc([NH+]([O-])O)cc1. The number of allylic oxidation sites excluding steroid dienone is 1. The predicted octanol–water partition coefficient (Wildman–Crippen LogP) is 1.72. The molecule has 1 unspecified atom stereocenters. The lowest BCUT2D eigenvalue weighted by Crippen LogP contribution is -2.99. The maximum absolute atomic E-state index is 11.6. The van der Waals surface area contributed by atoms with Crippen molar-refractivity contribution in [2.24, 2.45) is 5.41 Å². The van der Waals surface area contributed by atoms with Gasteiger partial charge in [-0.25, -0.2) is 5.21 Å². The average Bonchev–Trinajstić information content (AvgIpc) is 2.25. The van der Waals surface area contributed by atoms with Gasteiger partial charge in [-0.05, 0) is 23.8 Å². The number of hydrogen-bond acceptors (Lipinski definition) is 3. The van der Waals surface area contributed by atoms with Crippen LogP contribution in [0.15, 0.2) is 30.3 Å². The zero-order valence-corrected chi connectivity index (χ0v) is 10.2. The second-order valence-corrected chi connectivity index (χ2v) is 4.87. The number of ketones is 1. The van der Waals surface area contributed by atoms with Crippen LogP contribution >= 0.6 is 0 Å².